The van der Waals surface area contributed by atoms with E-state index in [1.807, 2.05) is 22.8 Å². The van der Waals surface area contributed by atoms with Gasteiger partial charge in [-0.3, -0.25) is 10.1 Å². The Balaban J connectivity index is 1.34. The average Bonchev–Trinajstić information content (AvgIpc) is 3.36. The monoisotopic (exact) mass is 508 g/mol. The zero-order valence-electron chi connectivity index (χ0n) is 21.4. The van der Waals surface area contributed by atoms with Gasteiger partial charge in [-0.1, -0.05) is 55.7 Å². The number of carbonyl (C=O) groups excluding carboxylic acids is 1. The predicted octanol–water partition coefficient (Wildman–Crippen LogP) is 4.72. The Hall–Kier alpha value is -4.29. The van der Waals surface area contributed by atoms with Gasteiger partial charge in [0, 0.05) is 18.2 Å². The van der Waals surface area contributed by atoms with E-state index >= 15 is 0 Å². The Morgan fingerprint density at radius 3 is 2.68 bits per heavy atom. The summed E-state index contributed by atoms with van der Waals surface area (Å²) in [5, 5.41) is 19.1. The summed E-state index contributed by atoms with van der Waals surface area (Å²) in [5.74, 6) is 0.390. The average molecular weight is 509 g/mol. The first kappa shape index (κ1) is 25.4. The fraction of sp³-hybridized carbons (Fsp3) is 0.345. The van der Waals surface area contributed by atoms with E-state index in [-0.39, 0.29) is 11.9 Å². The summed E-state index contributed by atoms with van der Waals surface area (Å²) in [6.45, 7) is 2.25. The quantitative estimate of drug-likeness (QED) is 0.265. The molecule has 0 bridgehead atoms. The second-order valence-corrected chi connectivity index (χ2v) is 9.64. The Bertz CT molecular complexity index is 1420. The summed E-state index contributed by atoms with van der Waals surface area (Å²) in [6.07, 6.45) is 9.20. The van der Waals surface area contributed by atoms with Crippen LogP contribution in [-0.2, 0) is 6.54 Å². The van der Waals surface area contributed by atoms with E-state index in [1.54, 1.807) is 30.6 Å². The maximum absolute atomic E-state index is 12.9. The van der Waals surface area contributed by atoms with Gasteiger partial charge in [0.25, 0.3) is 5.91 Å². The molecule has 5 rings (SSSR count). The summed E-state index contributed by atoms with van der Waals surface area (Å²) in [4.78, 5) is 26.8. The fourth-order valence-corrected chi connectivity index (χ4v) is 4.83. The molecule has 4 aromatic rings. The third-order valence-electron chi connectivity index (χ3n) is 6.82. The molecule has 9 nitrogen and oxygen atoms in total. The van der Waals surface area contributed by atoms with Crippen molar-refractivity contribution in [3.8, 4) is 6.07 Å². The van der Waals surface area contributed by atoms with Crippen molar-refractivity contribution < 1.29 is 4.79 Å². The van der Waals surface area contributed by atoms with Gasteiger partial charge < -0.3 is 15.2 Å². The summed E-state index contributed by atoms with van der Waals surface area (Å²) < 4.78 is 1.95. The van der Waals surface area contributed by atoms with Crippen LogP contribution in [0.5, 0.6) is 0 Å². The number of carbonyl (C=O) groups is 1. The minimum Gasteiger partial charge on any atom is -0.368 e. The van der Waals surface area contributed by atoms with Crippen molar-refractivity contribution in [3.05, 3.63) is 77.6 Å². The van der Waals surface area contributed by atoms with Crippen molar-refractivity contribution in [2.75, 3.05) is 23.7 Å². The van der Waals surface area contributed by atoms with Crippen LogP contribution in [0.2, 0.25) is 0 Å². The number of nitrogens with zero attached hydrogens (tertiary/aromatic N) is 5. The number of rotatable bonds is 10. The van der Waals surface area contributed by atoms with Crippen LogP contribution in [0, 0.1) is 11.3 Å². The van der Waals surface area contributed by atoms with Crippen molar-refractivity contribution in [1.82, 2.24) is 24.8 Å². The van der Waals surface area contributed by atoms with E-state index in [9.17, 15) is 10.1 Å². The van der Waals surface area contributed by atoms with Crippen molar-refractivity contribution >= 4 is 28.8 Å². The molecule has 3 N–H and O–H groups in total. The van der Waals surface area contributed by atoms with Gasteiger partial charge in [0.2, 0.25) is 5.95 Å². The van der Waals surface area contributed by atoms with Crippen molar-refractivity contribution in [2.45, 2.75) is 51.1 Å². The van der Waals surface area contributed by atoms with Gasteiger partial charge in [0.05, 0.1) is 24.5 Å². The molecule has 0 saturated heterocycles. The lowest BCUT2D eigenvalue weighted by Gasteiger charge is -2.22. The Labute approximate surface area is 222 Å². The van der Waals surface area contributed by atoms with Gasteiger partial charge in [0.15, 0.2) is 17.0 Å². The first-order valence-electron chi connectivity index (χ1n) is 13.2. The van der Waals surface area contributed by atoms with E-state index < -0.39 is 0 Å². The number of amides is 1. The number of imidazole rings is 1. The van der Waals surface area contributed by atoms with E-state index in [1.165, 1.54) is 32.1 Å². The summed E-state index contributed by atoms with van der Waals surface area (Å²) in [6, 6.07) is 19.3. The molecular weight excluding hydrogens is 476 g/mol. The summed E-state index contributed by atoms with van der Waals surface area (Å²) in [5.41, 5.74) is 3.19. The van der Waals surface area contributed by atoms with Gasteiger partial charge in [-0.15, -0.1) is 0 Å². The highest BCUT2D eigenvalue weighted by Gasteiger charge is 2.17. The molecule has 38 heavy (non-hydrogen) atoms. The molecule has 0 radical (unpaired) electrons. The zero-order valence-corrected chi connectivity index (χ0v) is 21.4. The topological polar surface area (TPSA) is 121 Å². The van der Waals surface area contributed by atoms with Crippen LogP contribution >= 0.6 is 0 Å². The van der Waals surface area contributed by atoms with Crippen LogP contribution in [0.3, 0.4) is 0 Å². The molecule has 9 heteroatoms. The number of aromatic nitrogens is 4. The van der Waals surface area contributed by atoms with Gasteiger partial charge in [0.1, 0.15) is 0 Å². The second kappa shape index (κ2) is 12.3. The first-order valence-corrected chi connectivity index (χ1v) is 13.2. The van der Waals surface area contributed by atoms with E-state index in [0.717, 1.165) is 25.1 Å². The highest BCUT2D eigenvalue weighted by atomic mass is 16.1. The molecule has 0 unspecified atom stereocenters. The number of hydrogen-bond acceptors (Lipinski definition) is 7. The molecule has 0 aliphatic heterocycles. The summed E-state index contributed by atoms with van der Waals surface area (Å²) >= 11 is 0. The SMILES string of the molecule is N#Cc1cccc(C(=O)Nc2nc(NCCCNC3CCCCC3)c3ncn(Cc4ccccc4)c3n2)c1. The number of hydrogen-bond donors (Lipinski definition) is 3. The van der Waals surface area contributed by atoms with E-state index in [2.05, 4.69) is 49.1 Å². The molecule has 1 fully saturated rings. The zero-order chi connectivity index (χ0) is 26.2. The number of anilines is 2. The largest absolute Gasteiger partial charge is 0.368 e. The van der Waals surface area contributed by atoms with Crippen LogP contribution in [0.4, 0.5) is 11.8 Å². The lowest BCUT2D eigenvalue weighted by molar-refractivity contribution is 0.102. The molecule has 194 valence electrons. The molecule has 0 atom stereocenters. The number of nitrogens with one attached hydrogen (secondary N) is 3. The number of nitriles is 1. The molecule has 1 saturated carbocycles. The minimum atomic E-state index is -0.377. The molecule has 1 aliphatic carbocycles. The van der Waals surface area contributed by atoms with E-state index in [4.69, 9.17) is 0 Å². The molecule has 1 amide bonds. The standard InChI is InChI=1S/C29H32N8O/c30-18-22-11-7-12-23(17-22)28(38)36-29-34-26(32-16-8-15-31-24-13-5-2-6-14-24)25-27(35-29)37(20-33-25)19-21-9-3-1-4-10-21/h1,3-4,7,9-12,17,20,24,31H,2,5-6,8,13-16,19H2,(H2,32,34,35,36,38). The van der Waals surface area contributed by atoms with Crippen LogP contribution in [0.15, 0.2) is 60.9 Å². The Kier molecular flexibility index (Phi) is 8.21. The molecule has 2 heterocycles. The first-order chi connectivity index (χ1) is 18.7. The van der Waals surface area contributed by atoms with Gasteiger partial charge in [-0.25, -0.2) is 4.98 Å². The predicted molar refractivity (Wildman–Crippen MR) is 148 cm³/mol. The molecule has 2 aromatic carbocycles. The van der Waals surface area contributed by atoms with Crippen LogP contribution in [0.25, 0.3) is 11.2 Å². The second-order valence-electron chi connectivity index (χ2n) is 9.64. The molecule has 0 spiro atoms. The van der Waals surface area contributed by atoms with Crippen LogP contribution in [0.1, 0.15) is 60.0 Å². The van der Waals surface area contributed by atoms with Gasteiger partial charge in [-0.2, -0.15) is 15.2 Å². The lowest BCUT2D eigenvalue weighted by Crippen LogP contribution is -2.32. The maximum atomic E-state index is 12.9. The van der Waals surface area contributed by atoms with Gasteiger partial charge in [-0.05, 0) is 49.6 Å². The number of fused-ring (bicyclic) bond motifs is 1. The van der Waals surface area contributed by atoms with Crippen molar-refractivity contribution in [1.29, 1.82) is 5.26 Å². The maximum Gasteiger partial charge on any atom is 0.258 e. The smallest absolute Gasteiger partial charge is 0.258 e. The van der Waals surface area contributed by atoms with Crippen LogP contribution in [-0.4, -0.2) is 44.6 Å². The highest BCUT2D eigenvalue weighted by molar-refractivity contribution is 6.04. The lowest BCUT2D eigenvalue weighted by atomic mass is 9.95. The van der Waals surface area contributed by atoms with E-state index in [0.29, 0.717) is 40.7 Å². The fourth-order valence-electron chi connectivity index (χ4n) is 4.83. The normalized spacial score (nSPS) is 13.8. The van der Waals surface area contributed by atoms with Crippen molar-refractivity contribution in [3.63, 3.8) is 0 Å². The summed E-state index contributed by atoms with van der Waals surface area (Å²) in [7, 11) is 0. The number of benzene rings is 2. The highest BCUT2D eigenvalue weighted by Crippen LogP contribution is 2.22. The minimum absolute atomic E-state index is 0.183. The Morgan fingerprint density at radius 1 is 1.03 bits per heavy atom. The molecule has 1 aliphatic rings. The van der Waals surface area contributed by atoms with Crippen LogP contribution < -0.4 is 16.0 Å². The third kappa shape index (κ3) is 6.33. The molecular formula is C29H32N8O. The Morgan fingerprint density at radius 2 is 1.87 bits per heavy atom. The third-order valence-corrected chi connectivity index (χ3v) is 6.82. The van der Waals surface area contributed by atoms with Crippen molar-refractivity contribution in [2.24, 2.45) is 0 Å². The molecule has 2 aromatic heterocycles. The van der Waals surface area contributed by atoms with Gasteiger partial charge >= 0.3 is 0 Å².